The van der Waals surface area contributed by atoms with E-state index in [4.69, 9.17) is 20.9 Å². The van der Waals surface area contributed by atoms with E-state index in [0.717, 1.165) is 0 Å². The monoisotopic (exact) mass is 244 g/mol. The van der Waals surface area contributed by atoms with Gasteiger partial charge in [-0.3, -0.25) is 0 Å². The summed E-state index contributed by atoms with van der Waals surface area (Å²) in [7, 11) is 0. The van der Waals surface area contributed by atoms with E-state index in [1.165, 1.54) is 6.08 Å². The highest BCUT2D eigenvalue weighted by Crippen LogP contribution is 2.17. The van der Waals surface area contributed by atoms with Crippen molar-refractivity contribution in [3.05, 3.63) is 12.2 Å². The number of hydrogen-bond donors (Lipinski definition) is 3. The lowest BCUT2D eigenvalue weighted by atomic mass is 10.00. The van der Waals surface area contributed by atoms with Gasteiger partial charge in [-0.15, -0.1) is 0 Å². The molecular weight excluding hydrogens is 228 g/mol. The third kappa shape index (κ3) is 5.21. The van der Waals surface area contributed by atoms with Crippen molar-refractivity contribution in [3.8, 4) is 0 Å². The number of amides is 2. The molecule has 0 fully saturated rings. The van der Waals surface area contributed by atoms with Crippen molar-refractivity contribution >= 4 is 12.2 Å². The van der Waals surface area contributed by atoms with Crippen LogP contribution in [0.2, 0.25) is 0 Å². The topological polar surface area (TPSA) is 125 Å². The molecule has 0 heterocycles. The molecule has 7 nitrogen and oxygen atoms in total. The highest BCUT2D eigenvalue weighted by molar-refractivity contribution is 5.65. The molecule has 0 aromatic carbocycles. The summed E-state index contributed by atoms with van der Waals surface area (Å²) in [5, 5.41) is 9.61. The highest BCUT2D eigenvalue weighted by Gasteiger charge is 2.21. The van der Waals surface area contributed by atoms with Gasteiger partial charge < -0.3 is 26.0 Å². The Hall–Kier alpha value is -1.76. The van der Waals surface area contributed by atoms with Gasteiger partial charge in [-0.05, 0) is 25.0 Å². The maximum absolute atomic E-state index is 10.6. The van der Waals surface area contributed by atoms with Gasteiger partial charge in [0.05, 0.1) is 6.10 Å². The van der Waals surface area contributed by atoms with Gasteiger partial charge in [0.25, 0.3) is 0 Å². The smallest absolute Gasteiger partial charge is 0.405 e. The molecule has 1 rings (SSSR count). The normalized spacial score (nSPS) is 30.8. The third-order valence-corrected chi connectivity index (χ3v) is 2.36. The molecule has 0 aromatic heterocycles. The fraction of sp³-hybridized carbons (Fsp3) is 0.600. The molecular formula is C10H16N2O5. The minimum absolute atomic E-state index is 0.267. The number of aliphatic hydroxyl groups excluding tert-OH is 1. The summed E-state index contributed by atoms with van der Waals surface area (Å²) in [6.07, 6.45) is 0.645. The zero-order chi connectivity index (χ0) is 12.8. The van der Waals surface area contributed by atoms with Crippen molar-refractivity contribution < 1.29 is 24.2 Å². The van der Waals surface area contributed by atoms with Crippen molar-refractivity contribution in [1.82, 2.24) is 0 Å². The first-order chi connectivity index (χ1) is 7.97. The Morgan fingerprint density at radius 3 is 2.18 bits per heavy atom. The van der Waals surface area contributed by atoms with Crippen LogP contribution in [0, 0.1) is 0 Å². The summed E-state index contributed by atoms with van der Waals surface area (Å²) >= 11 is 0. The van der Waals surface area contributed by atoms with Crippen LogP contribution in [0.4, 0.5) is 9.59 Å². The second kappa shape index (κ2) is 6.09. The molecule has 0 aromatic rings. The van der Waals surface area contributed by atoms with Gasteiger partial charge in [0, 0.05) is 6.42 Å². The number of ether oxygens (including phenoxy) is 2. The minimum atomic E-state index is -0.917. The first kappa shape index (κ1) is 13.3. The molecule has 5 N–H and O–H groups in total. The van der Waals surface area contributed by atoms with Crippen molar-refractivity contribution in [2.75, 3.05) is 0 Å². The second-order valence-electron chi connectivity index (χ2n) is 3.80. The van der Waals surface area contributed by atoms with Gasteiger partial charge in [0.15, 0.2) is 0 Å². The Balaban J connectivity index is 2.65. The maximum Gasteiger partial charge on any atom is 0.405 e. The van der Waals surface area contributed by atoms with Crippen molar-refractivity contribution in [1.29, 1.82) is 0 Å². The average molecular weight is 244 g/mol. The van der Waals surface area contributed by atoms with E-state index in [2.05, 4.69) is 0 Å². The molecule has 17 heavy (non-hydrogen) atoms. The standard InChI is InChI=1S/C10H16N2O5/c11-9(14)16-7-2-1-6(13)5-8(4-3-7)17-10(12)15/h3-4,6-8,13H,1-2,5H2,(H2,11,14)(H2,12,15)/b4-3+. The number of hydrogen-bond acceptors (Lipinski definition) is 5. The number of nitrogens with two attached hydrogens (primary N) is 2. The summed E-state index contributed by atoms with van der Waals surface area (Å²) < 4.78 is 9.57. The first-order valence-electron chi connectivity index (χ1n) is 5.26. The van der Waals surface area contributed by atoms with E-state index in [9.17, 15) is 14.7 Å². The lowest BCUT2D eigenvalue weighted by Crippen LogP contribution is -2.29. The fourth-order valence-corrected chi connectivity index (χ4v) is 1.65. The minimum Gasteiger partial charge on any atom is -0.442 e. The van der Waals surface area contributed by atoms with Gasteiger partial charge in [-0.25, -0.2) is 9.59 Å². The average Bonchev–Trinajstić information content (AvgIpc) is 2.18. The van der Waals surface area contributed by atoms with Crippen LogP contribution in [0.1, 0.15) is 19.3 Å². The molecule has 2 amide bonds. The molecule has 3 unspecified atom stereocenters. The number of carbonyl (C=O) groups excluding carboxylic acids is 2. The van der Waals surface area contributed by atoms with Crippen LogP contribution < -0.4 is 11.5 Å². The molecule has 0 spiro atoms. The van der Waals surface area contributed by atoms with Crippen LogP contribution in [0.3, 0.4) is 0 Å². The fourth-order valence-electron chi connectivity index (χ4n) is 1.65. The number of aliphatic hydroxyl groups is 1. The molecule has 1 aliphatic rings. The molecule has 3 atom stereocenters. The molecule has 7 heteroatoms. The molecule has 0 bridgehead atoms. The molecule has 96 valence electrons. The summed E-state index contributed by atoms with van der Waals surface area (Å²) in [5.41, 5.74) is 9.79. The maximum atomic E-state index is 10.6. The largest absolute Gasteiger partial charge is 0.442 e. The van der Waals surface area contributed by atoms with Crippen LogP contribution in [0.25, 0.3) is 0 Å². The number of rotatable bonds is 2. The number of primary amides is 2. The molecule has 0 aliphatic heterocycles. The SMILES string of the molecule is NC(=O)OC1/C=C/C(OC(N)=O)CC(O)CC1. The van der Waals surface area contributed by atoms with Gasteiger partial charge >= 0.3 is 12.2 Å². The summed E-state index contributed by atoms with van der Waals surface area (Å²) in [6, 6.07) is 0. The lowest BCUT2D eigenvalue weighted by Gasteiger charge is -2.22. The summed E-state index contributed by atoms with van der Waals surface area (Å²) in [6.45, 7) is 0. The van der Waals surface area contributed by atoms with Gasteiger partial charge in [-0.1, -0.05) is 0 Å². The molecule has 0 radical (unpaired) electrons. The second-order valence-corrected chi connectivity index (χ2v) is 3.80. The van der Waals surface area contributed by atoms with Crippen LogP contribution in [0.15, 0.2) is 12.2 Å². The Morgan fingerprint density at radius 1 is 1.06 bits per heavy atom. The predicted octanol–water partition coefficient (Wildman–Crippen LogP) is 0.0152. The van der Waals surface area contributed by atoms with Crippen molar-refractivity contribution in [2.45, 2.75) is 37.6 Å². The van der Waals surface area contributed by atoms with Gasteiger partial charge in [0.2, 0.25) is 0 Å². The van der Waals surface area contributed by atoms with Gasteiger partial charge in [-0.2, -0.15) is 0 Å². The van der Waals surface area contributed by atoms with Gasteiger partial charge in [0.1, 0.15) is 12.2 Å². The van der Waals surface area contributed by atoms with E-state index < -0.39 is 30.5 Å². The van der Waals surface area contributed by atoms with E-state index in [1.54, 1.807) is 6.08 Å². The van der Waals surface area contributed by atoms with Crippen molar-refractivity contribution in [2.24, 2.45) is 11.5 Å². The Morgan fingerprint density at radius 2 is 1.59 bits per heavy atom. The van der Waals surface area contributed by atoms with Crippen molar-refractivity contribution in [3.63, 3.8) is 0 Å². The molecule has 1 aliphatic carbocycles. The first-order valence-corrected chi connectivity index (χ1v) is 5.26. The number of carbonyl (C=O) groups is 2. The molecule has 0 saturated heterocycles. The Labute approximate surface area is 98.4 Å². The Kier molecular flexibility index (Phi) is 4.77. The van der Waals surface area contributed by atoms with E-state index in [1.807, 2.05) is 0 Å². The highest BCUT2D eigenvalue weighted by atomic mass is 16.6. The lowest BCUT2D eigenvalue weighted by molar-refractivity contribution is 0.0586. The summed E-state index contributed by atoms with van der Waals surface area (Å²) in [5.74, 6) is 0. The Bertz CT molecular complexity index is 318. The van der Waals surface area contributed by atoms with E-state index in [0.29, 0.717) is 12.8 Å². The zero-order valence-corrected chi connectivity index (χ0v) is 9.24. The van der Waals surface area contributed by atoms with Crippen LogP contribution >= 0.6 is 0 Å². The van der Waals surface area contributed by atoms with E-state index >= 15 is 0 Å². The predicted molar refractivity (Wildman–Crippen MR) is 57.9 cm³/mol. The van der Waals surface area contributed by atoms with Crippen LogP contribution in [0.5, 0.6) is 0 Å². The quantitative estimate of drug-likeness (QED) is 0.590. The summed E-state index contributed by atoms with van der Waals surface area (Å²) in [4.78, 5) is 21.2. The van der Waals surface area contributed by atoms with Crippen LogP contribution in [-0.2, 0) is 9.47 Å². The van der Waals surface area contributed by atoms with E-state index in [-0.39, 0.29) is 6.42 Å². The third-order valence-electron chi connectivity index (χ3n) is 2.36. The van der Waals surface area contributed by atoms with Crippen LogP contribution in [-0.4, -0.2) is 35.6 Å². The zero-order valence-electron chi connectivity index (χ0n) is 9.24. The molecule has 0 saturated carbocycles.